The zero-order valence-electron chi connectivity index (χ0n) is 11.7. The number of hydrogen-bond acceptors (Lipinski definition) is 3. The monoisotopic (exact) mass is 282 g/mol. The minimum absolute atomic E-state index is 0.279. The molecule has 0 saturated carbocycles. The summed E-state index contributed by atoms with van der Waals surface area (Å²) in [6, 6.07) is 13.5. The van der Waals surface area contributed by atoms with Crippen LogP contribution in [0.1, 0.15) is 21.5 Å². The van der Waals surface area contributed by atoms with Crippen LogP contribution in [0.25, 0.3) is 0 Å². The Morgan fingerprint density at radius 3 is 2.24 bits per heavy atom. The number of nitrogens with two attached hydrogens (primary N) is 1. The van der Waals surface area contributed by atoms with Crippen molar-refractivity contribution in [3.63, 3.8) is 0 Å². The van der Waals surface area contributed by atoms with E-state index in [0.29, 0.717) is 5.69 Å². The van der Waals surface area contributed by atoms with Gasteiger partial charge in [-0.3, -0.25) is 0 Å². The third kappa shape index (κ3) is 2.70. The highest BCUT2D eigenvalue weighted by Crippen LogP contribution is 2.26. The van der Waals surface area contributed by atoms with Crippen LogP contribution < -0.4 is 10.6 Å². The Morgan fingerprint density at radius 2 is 1.67 bits per heavy atom. The molecule has 108 valence electrons. The van der Waals surface area contributed by atoms with Crippen molar-refractivity contribution in [2.75, 3.05) is 23.7 Å². The molecule has 0 radical (unpaired) electrons. The van der Waals surface area contributed by atoms with Gasteiger partial charge in [-0.25, -0.2) is 4.79 Å². The largest absolute Gasteiger partial charge is 0.478 e. The van der Waals surface area contributed by atoms with Crippen molar-refractivity contribution in [2.24, 2.45) is 0 Å². The van der Waals surface area contributed by atoms with E-state index in [1.807, 2.05) is 6.07 Å². The Morgan fingerprint density at radius 1 is 1.05 bits per heavy atom. The number of fused-ring (bicyclic) bond motifs is 1. The fourth-order valence-corrected chi connectivity index (χ4v) is 2.91. The summed E-state index contributed by atoms with van der Waals surface area (Å²) in [6.45, 7) is 1.64. The minimum Gasteiger partial charge on any atom is -0.478 e. The van der Waals surface area contributed by atoms with Gasteiger partial charge in [-0.05, 0) is 42.2 Å². The number of carboxylic acid groups (broad SMARTS) is 1. The molecule has 0 aromatic heterocycles. The Kier molecular flexibility index (Phi) is 3.52. The second-order valence-electron chi connectivity index (χ2n) is 5.34. The first-order valence-corrected chi connectivity index (χ1v) is 7.09. The van der Waals surface area contributed by atoms with Crippen LogP contribution in [-0.2, 0) is 12.8 Å². The second kappa shape index (κ2) is 5.48. The fourth-order valence-electron chi connectivity index (χ4n) is 2.91. The van der Waals surface area contributed by atoms with Gasteiger partial charge in [-0.2, -0.15) is 0 Å². The van der Waals surface area contributed by atoms with Crippen molar-refractivity contribution in [2.45, 2.75) is 12.8 Å². The number of hydrogen-bond donors (Lipinski definition) is 2. The molecule has 2 aromatic carbocycles. The highest BCUT2D eigenvalue weighted by molar-refractivity contribution is 5.95. The number of nitrogen functional groups attached to an aromatic ring is 1. The third-order valence-electron chi connectivity index (χ3n) is 4.01. The fraction of sp³-hybridized carbons (Fsp3) is 0.235. The molecule has 0 spiro atoms. The van der Waals surface area contributed by atoms with Gasteiger partial charge in [0, 0.05) is 18.8 Å². The lowest BCUT2D eigenvalue weighted by Gasteiger charge is -2.24. The lowest BCUT2D eigenvalue weighted by atomic mass is 10.0. The average molecular weight is 282 g/mol. The highest BCUT2D eigenvalue weighted by Gasteiger charge is 2.19. The van der Waals surface area contributed by atoms with E-state index in [0.717, 1.165) is 31.6 Å². The van der Waals surface area contributed by atoms with E-state index in [1.54, 1.807) is 6.07 Å². The SMILES string of the molecule is Nc1ccc(N2CCc3ccccc3CC2)c(C(=O)O)c1. The Balaban J connectivity index is 1.91. The zero-order chi connectivity index (χ0) is 14.8. The smallest absolute Gasteiger partial charge is 0.337 e. The van der Waals surface area contributed by atoms with E-state index in [2.05, 4.69) is 29.2 Å². The van der Waals surface area contributed by atoms with E-state index in [9.17, 15) is 9.90 Å². The van der Waals surface area contributed by atoms with Crippen molar-refractivity contribution >= 4 is 17.3 Å². The first-order chi connectivity index (χ1) is 10.1. The molecule has 0 bridgehead atoms. The molecule has 1 aliphatic rings. The first kappa shape index (κ1) is 13.5. The molecule has 2 aromatic rings. The summed E-state index contributed by atoms with van der Waals surface area (Å²) >= 11 is 0. The number of carbonyl (C=O) groups is 1. The molecule has 0 amide bonds. The normalized spacial score (nSPS) is 14.4. The molecule has 1 aliphatic heterocycles. The van der Waals surface area contributed by atoms with Crippen molar-refractivity contribution < 1.29 is 9.90 Å². The number of carboxylic acids is 1. The van der Waals surface area contributed by atoms with Gasteiger partial charge in [0.15, 0.2) is 0 Å². The first-order valence-electron chi connectivity index (χ1n) is 7.09. The molecule has 0 fully saturated rings. The summed E-state index contributed by atoms with van der Waals surface area (Å²) in [4.78, 5) is 13.6. The van der Waals surface area contributed by atoms with Gasteiger partial charge < -0.3 is 15.7 Å². The van der Waals surface area contributed by atoms with Crippen LogP contribution in [-0.4, -0.2) is 24.2 Å². The maximum atomic E-state index is 11.4. The zero-order valence-corrected chi connectivity index (χ0v) is 11.7. The number of aromatic carboxylic acids is 1. The number of rotatable bonds is 2. The predicted octanol–water partition coefficient (Wildman–Crippen LogP) is 2.57. The van der Waals surface area contributed by atoms with Crippen LogP contribution >= 0.6 is 0 Å². The molecule has 4 heteroatoms. The molecule has 0 atom stereocenters. The summed E-state index contributed by atoms with van der Waals surface area (Å²) in [5, 5.41) is 9.38. The second-order valence-corrected chi connectivity index (χ2v) is 5.34. The maximum absolute atomic E-state index is 11.4. The molecule has 0 aliphatic carbocycles. The van der Waals surface area contributed by atoms with E-state index in [-0.39, 0.29) is 5.56 Å². The molecule has 0 unspecified atom stereocenters. The molecule has 3 rings (SSSR count). The summed E-state index contributed by atoms with van der Waals surface area (Å²) in [7, 11) is 0. The van der Waals surface area contributed by atoms with Crippen LogP contribution in [0.4, 0.5) is 11.4 Å². The molecular weight excluding hydrogens is 264 g/mol. The van der Waals surface area contributed by atoms with Gasteiger partial charge in [-0.15, -0.1) is 0 Å². The van der Waals surface area contributed by atoms with E-state index in [1.165, 1.54) is 17.2 Å². The standard InChI is InChI=1S/C17H18N2O2/c18-14-5-6-16(15(11-14)17(20)21)19-9-7-12-3-1-2-4-13(12)8-10-19/h1-6,11H,7-10,18H2,(H,20,21). The third-order valence-corrected chi connectivity index (χ3v) is 4.01. The quantitative estimate of drug-likeness (QED) is 0.831. The average Bonchev–Trinajstić information content (AvgIpc) is 2.70. The van der Waals surface area contributed by atoms with Gasteiger partial charge >= 0.3 is 5.97 Å². The summed E-state index contributed by atoms with van der Waals surface area (Å²) < 4.78 is 0. The van der Waals surface area contributed by atoms with Gasteiger partial charge in [0.05, 0.1) is 11.3 Å². The maximum Gasteiger partial charge on any atom is 0.337 e. The van der Waals surface area contributed by atoms with Crippen LogP contribution in [0.5, 0.6) is 0 Å². The topological polar surface area (TPSA) is 66.6 Å². The van der Waals surface area contributed by atoms with E-state index < -0.39 is 5.97 Å². The Bertz CT molecular complexity index is 655. The van der Waals surface area contributed by atoms with Crippen LogP contribution in [0.2, 0.25) is 0 Å². The molecule has 4 nitrogen and oxygen atoms in total. The molecule has 1 heterocycles. The Labute approximate surface area is 123 Å². The van der Waals surface area contributed by atoms with Gasteiger partial charge in [0.2, 0.25) is 0 Å². The number of benzene rings is 2. The van der Waals surface area contributed by atoms with Gasteiger partial charge in [-0.1, -0.05) is 24.3 Å². The van der Waals surface area contributed by atoms with Gasteiger partial charge in [0.25, 0.3) is 0 Å². The lowest BCUT2D eigenvalue weighted by Crippen LogP contribution is -2.27. The predicted molar refractivity (Wildman–Crippen MR) is 83.9 cm³/mol. The van der Waals surface area contributed by atoms with Crippen LogP contribution in [0, 0.1) is 0 Å². The van der Waals surface area contributed by atoms with Crippen LogP contribution in [0.15, 0.2) is 42.5 Å². The molecule has 21 heavy (non-hydrogen) atoms. The van der Waals surface area contributed by atoms with Crippen LogP contribution in [0.3, 0.4) is 0 Å². The molecule has 3 N–H and O–H groups in total. The van der Waals surface area contributed by atoms with Gasteiger partial charge in [0.1, 0.15) is 0 Å². The summed E-state index contributed by atoms with van der Waals surface area (Å²) in [5.41, 5.74) is 9.93. The summed E-state index contributed by atoms with van der Waals surface area (Å²) in [6.07, 6.45) is 1.86. The van der Waals surface area contributed by atoms with Crippen molar-refractivity contribution in [1.82, 2.24) is 0 Å². The minimum atomic E-state index is -0.931. The van der Waals surface area contributed by atoms with Crippen molar-refractivity contribution in [3.8, 4) is 0 Å². The van der Waals surface area contributed by atoms with E-state index in [4.69, 9.17) is 5.73 Å². The van der Waals surface area contributed by atoms with Crippen molar-refractivity contribution in [3.05, 3.63) is 59.2 Å². The number of nitrogens with zero attached hydrogens (tertiary/aromatic N) is 1. The molecular formula is C17H18N2O2. The van der Waals surface area contributed by atoms with Crippen molar-refractivity contribution in [1.29, 1.82) is 0 Å². The number of anilines is 2. The lowest BCUT2D eigenvalue weighted by molar-refractivity contribution is 0.0697. The summed E-state index contributed by atoms with van der Waals surface area (Å²) in [5.74, 6) is -0.931. The Hall–Kier alpha value is -2.49. The molecule has 0 saturated heterocycles. The highest BCUT2D eigenvalue weighted by atomic mass is 16.4. The van der Waals surface area contributed by atoms with E-state index >= 15 is 0 Å².